The number of amides is 8. The first-order valence-electron chi connectivity index (χ1n) is 40.2. The van der Waals surface area contributed by atoms with E-state index in [0.717, 1.165) is 62.3 Å². The maximum Gasteiger partial charge on any atom is 0.303 e. The SMILES string of the molecule is CC(=O)NC1C(OCCCCC(=O)CCCCNC(=O)CCC(C)(CCC(=O)NCCCNC(=O)CCCCOC2OC(COC(C)=O)C(OC(C)=O)C(OC(C)=O)C2NC(C)=O)CCC(=O)NCCCNC(=O)CCCCOC2OC(COC(C)=O)C(OC(C)=O)C(OC(C)=O)C2NC(C)=O)OC(COC(C)=O)C(OC(C)=O)C1OC(C)=O. The fourth-order valence-corrected chi connectivity index (χ4v) is 13.0. The molecule has 8 N–H and O–H groups in total. The Bertz CT molecular complexity index is 3030. The highest BCUT2D eigenvalue weighted by Gasteiger charge is 2.54. The van der Waals surface area contributed by atoms with Gasteiger partial charge in [0.1, 0.15) is 62.0 Å². The first-order valence-corrected chi connectivity index (χ1v) is 40.2. The Morgan fingerprint density at radius 2 is 0.513 bits per heavy atom. The van der Waals surface area contributed by atoms with Crippen molar-refractivity contribution in [2.45, 2.75) is 310 Å². The Hall–Kier alpha value is -9.58. The van der Waals surface area contributed by atoms with Gasteiger partial charge in [-0.2, -0.15) is 0 Å². The maximum absolute atomic E-state index is 13.3. The van der Waals surface area contributed by atoms with Crippen LogP contribution in [0.2, 0.25) is 0 Å². The van der Waals surface area contributed by atoms with Crippen molar-refractivity contribution >= 4 is 107 Å². The van der Waals surface area contributed by atoms with E-state index >= 15 is 0 Å². The van der Waals surface area contributed by atoms with Gasteiger partial charge in [-0.15, -0.1) is 0 Å². The molecular formula is C78H124N8O33. The van der Waals surface area contributed by atoms with Gasteiger partial charge < -0.3 is 114 Å². The van der Waals surface area contributed by atoms with Crippen LogP contribution < -0.4 is 42.5 Å². The molecule has 41 heteroatoms. The predicted molar refractivity (Wildman–Crippen MR) is 410 cm³/mol. The number of Topliss-reactive ketones (excluding diaryl/α,β-unsaturated/α-hetero) is 1. The van der Waals surface area contributed by atoms with Crippen LogP contribution in [0.3, 0.4) is 0 Å². The molecule has 0 spiro atoms. The molecular weight excluding hydrogens is 1580 g/mol. The third kappa shape index (κ3) is 43.8. The summed E-state index contributed by atoms with van der Waals surface area (Å²) in [5, 5.41) is 22.1. The second kappa shape index (κ2) is 56.0. The average molecular weight is 1700 g/mol. The fourth-order valence-electron chi connectivity index (χ4n) is 13.0. The zero-order chi connectivity index (χ0) is 88.7. The van der Waals surface area contributed by atoms with Gasteiger partial charge in [0, 0.05) is 181 Å². The highest BCUT2D eigenvalue weighted by Crippen LogP contribution is 2.36. The zero-order valence-corrected chi connectivity index (χ0v) is 70.6. The van der Waals surface area contributed by atoms with Crippen LogP contribution >= 0.6 is 0 Å². The van der Waals surface area contributed by atoms with Crippen LogP contribution in [-0.2, 0) is 157 Å². The van der Waals surface area contributed by atoms with E-state index in [2.05, 4.69) is 42.5 Å². The van der Waals surface area contributed by atoms with E-state index in [1.807, 2.05) is 6.92 Å². The van der Waals surface area contributed by atoms with Gasteiger partial charge >= 0.3 is 53.7 Å². The van der Waals surface area contributed by atoms with E-state index in [4.69, 9.17) is 71.1 Å². The highest BCUT2D eigenvalue weighted by atomic mass is 16.7. The number of rotatable bonds is 55. The molecule has 8 amide bonds. The van der Waals surface area contributed by atoms with Crippen LogP contribution in [0.5, 0.6) is 0 Å². The lowest BCUT2D eigenvalue weighted by molar-refractivity contribution is -0.277. The third-order valence-corrected chi connectivity index (χ3v) is 18.6. The Morgan fingerprint density at radius 3 is 0.765 bits per heavy atom. The van der Waals surface area contributed by atoms with Gasteiger partial charge in [-0.1, -0.05) is 6.92 Å². The van der Waals surface area contributed by atoms with Gasteiger partial charge in [0.2, 0.25) is 47.3 Å². The van der Waals surface area contributed by atoms with Gasteiger partial charge in [0.25, 0.3) is 0 Å². The van der Waals surface area contributed by atoms with Crippen LogP contribution in [0.25, 0.3) is 0 Å². The zero-order valence-electron chi connectivity index (χ0n) is 70.6. The molecule has 15 atom stereocenters. The van der Waals surface area contributed by atoms with Crippen molar-refractivity contribution < 1.29 is 157 Å². The normalized spacial score (nSPS) is 22.9. The summed E-state index contributed by atoms with van der Waals surface area (Å²) in [5.74, 6) is -9.65. The van der Waals surface area contributed by atoms with Crippen LogP contribution in [0.1, 0.15) is 218 Å². The summed E-state index contributed by atoms with van der Waals surface area (Å²) >= 11 is 0. The summed E-state index contributed by atoms with van der Waals surface area (Å²) in [6, 6.07) is -3.46. The molecule has 3 saturated heterocycles. The molecule has 3 aliphatic rings. The summed E-state index contributed by atoms with van der Waals surface area (Å²) in [7, 11) is 0. The number of ketones is 1. The van der Waals surface area contributed by atoms with E-state index in [9.17, 15) is 86.3 Å². The van der Waals surface area contributed by atoms with E-state index < -0.39 is 189 Å². The molecule has 0 aromatic heterocycles. The minimum Gasteiger partial charge on any atom is -0.463 e. The van der Waals surface area contributed by atoms with Crippen molar-refractivity contribution in [1.82, 2.24) is 42.5 Å². The smallest absolute Gasteiger partial charge is 0.303 e. The van der Waals surface area contributed by atoms with Crippen LogP contribution in [0, 0.1) is 5.41 Å². The van der Waals surface area contributed by atoms with Crippen LogP contribution in [0.15, 0.2) is 0 Å². The number of esters is 9. The maximum atomic E-state index is 13.3. The van der Waals surface area contributed by atoms with Crippen molar-refractivity contribution in [3.8, 4) is 0 Å². The molecule has 3 rings (SSSR count). The first-order chi connectivity index (χ1) is 56.3. The van der Waals surface area contributed by atoms with E-state index in [0.29, 0.717) is 83.5 Å². The standard InChI is InChI=1S/C78H124N8O33/c1-45(87)84-66-72(114-54(10)96)69(111-51(7)93)58(42-108-48(4)90)117-75(66)105-39-19-15-25-57(99)24-14-18-34-79-63(102)28-31-78(13,32-29-64(103)82-37-22-35-80-61(100)26-16-20-40-106-76-67(85-46(2)88)73(115-55(11)97)70(112-52(8)94)59(118-76)43-109-49(5)91)33-30-65(104)83-38-23-36-81-62(101)27-17-21-41-107-77-68(86-47(3)89)74(116-56(12)98)71(113-53(9)95)60(119-77)44-110-50(6)92/h58-60,66-77H,14-44H2,1-13H3,(H,79,102)(H,80,100)(H,81,101)(H,82,103)(H,83,104)(H,84,87)(H,85,88)(H,86,89). The molecule has 0 aromatic carbocycles. The number of unbranched alkanes of at least 4 members (excludes halogenated alkanes) is 4. The van der Waals surface area contributed by atoms with Crippen LogP contribution in [0.4, 0.5) is 0 Å². The summed E-state index contributed by atoms with van der Waals surface area (Å²) in [4.78, 5) is 224. The quantitative estimate of drug-likeness (QED) is 0.0239. The first kappa shape index (κ1) is 104. The lowest BCUT2D eigenvalue weighted by Crippen LogP contribution is -2.66. The lowest BCUT2D eigenvalue weighted by Gasteiger charge is -2.44. The summed E-state index contributed by atoms with van der Waals surface area (Å²) < 4.78 is 84.1. The van der Waals surface area contributed by atoms with Gasteiger partial charge in [0.15, 0.2) is 55.5 Å². The predicted octanol–water partition coefficient (Wildman–Crippen LogP) is 0.963. The minimum atomic E-state index is -1.30. The molecule has 0 aromatic rings. The Labute approximate surface area is 692 Å². The van der Waals surface area contributed by atoms with E-state index in [1.54, 1.807) is 0 Å². The third-order valence-electron chi connectivity index (χ3n) is 18.6. The van der Waals surface area contributed by atoms with Crippen molar-refractivity contribution in [1.29, 1.82) is 0 Å². The number of hydrogen-bond acceptors (Lipinski definition) is 33. The summed E-state index contributed by atoms with van der Waals surface area (Å²) in [6.07, 6.45) is -9.54. The fraction of sp³-hybridized carbons (Fsp3) is 0.769. The molecule has 119 heavy (non-hydrogen) atoms. The summed E-state index contributed by atoms with van der Waals surface area (Å²) in [6.45, 7) is 15.7. The summed E-state index contributed by atoms with van der Waals surface area (Å²) in [5.41, 5.74) is -0.692. The van der Waals surface area contributed by atoms with Gasteiger partial charge in [-0.25, -0.2) is 0 Å². The number of carbonyl (C=O) groups excluding carboxylic acids is 18. The average Bonchev–Trinajstić information content (AvgIpc) is 0.797. The Morgan fingerprint density at radius 1 is 0.277 bits per heavy atom. The molecule has 674 valence electrons. The van der Waals surface area contributed by atoms with Gasteiger partial charge in [0.05, 0.1) is 0 Å². The monoisotopic (exact) mass is 1700 g/mol. The van der Waals surface area contributed by atoms with Crippen molar-refractivity contribution in [2.75, 3.05) is 72.4 Å². The molecule has 15 unspecified atom stereocenters. The van der Waals surface area contributed by atoms with Gasteiger partial charge in [-0.05, 0) is 88.9 Å². The molecule has 0 radical (unpaired) electrons. The largest absolute Gasteiger partial charge is 0.463 e. The Kier molecular flexibility index (Phi) is 48.8. The number of carbonyl (C=O) groups is 18. The second-order valence-corrected chi connectivity index (χ2v) is 29.4. The molecule has 3 fully saturated rings. The molecule has 0 aliphatic carbocycles. The number of nitrogens with one attached hydrogen (secondary N) is 8. The lowest BCUT2D eigenvalue weighted by atomic mass is 9.77. The number of hydrogen-bond donors (Lipinski definition) is 8. The van der Waals surface area contributed by atoms with Crippen molar-refractivity contribution in [2.24, 2.45) is 5.41 Å². The van der Waals surface area contributed by atoms with Gasteiger partial charge in [-0.3, -0.25) is 86.3 Å². The Balaban J connectivity index is 1.54. The van der Waals surface area contributed by atoms with Crippen LogP contribution in [-0.4, -0.2) is 271 Å². The topological polar surface area (TPSA) is 542 Å². The molecule has 0 saturated carbocycles. The number of ether oxygens (including phenoxy) is 15. The van der Waals surface area contributed by atoms with Crippen molar-refractivity contribution in [3.05, 3.63) is 0 Å². The minimum absolute atomic E-state index is 0.00302. The van der Waals surface area contributed by atoms with E-state index in [1.165, 1.54) is 20.8 Å². The van der Waals surface area contributed by atoms with E-state index in [-0.39, 0.29) is 133 Å². The second-order valence-electron chi connectivity index (χ2n) is 29.4. The van der Waals surface area contributed by atoms with Crippen molar-refractivity contribution in [3.63, 3.8) is 0 Å². The molecule has 3 heterocycles. The molecule has 41 nitrogen and oxygen atoms in total. The highest BCUT2D eigenvalue weighted by molar-refractivity contribution is 5.80. The molecule has 0 bridgehead atoms. The molecule has 3 aliphatic heterocycles.